The molecule has 22 heavy (non-hydrogen) atoms. The van der Waals surface area contributed by atoms with Crippen LogP contribution in [0.4, 0.5) is 5.69 Å². The van der Waals surface area contributed by atoms with Crippen LogP contribution in [0.5, 0.6) is 0 Å². The molecule has 0 amide bonds. The number of fused-ring (bicyclic) bond motifs is 1. The second-order valence-corrected chi connectivity index (χ2v) is 6.54. The van der Waals surface area contributed by atoms with E-state index < -0.39 is 10.0 Å². The highest BCUT2D eigenvalue weighted by atomic mass is 35.5. The summed E-state index contributed by atoms with van der Waals surface area (Å²) in [4.78, 5) is 8.52. The lowest BCUT2D eigenvalue weighted by atomic mass is 10.1. The fraction of sp³-hybridized carbons (Fsp3) is 0. The highest BCUT2D eigenvalue weighted by Crippen LogP contribution is 2.32. The molecule has 0 atom stereocenters. The standard InChI is InChI=1S/C14H11ClN4O2S/c15-14-13(18-10-3-1-2-4-11(10)19-14)9-7-8(16)5-6-12(9)22(17,20)21/h1-7H,16H2,(H2,17,20,21). The van der Waals surface area contributed by atoms with Crippen LogP contribution in [0.25, 0.3) is 22.3 Å². The maximum Gasteiger partial charge on any atom is 0.238 e. The van der Waals surface area contributed by atoms with Crippen LogP contribution in [0.15, 0.2) is 47.4 Å². The zero-order valence-corrected chi connectivity index (χ0v) is 12.8. The van der Waals surface area contributed by atoms with Crippen LogP contribution in [-0.4, -0.2) is 18.4 Å². The Hall–Kier alpha value is -2.22. The van der Waals surface area contributed by atoms with Crippen molar-refractivity contribution in [2.45, 2.75) is 4.90 Å². The van der Waals surface area contributed by atoms with E-state index in [0.29, 0.717) is 16.7 Å². The SMILES string of the molecule is Nc1ccc(S(N)(=O)=O)c(-c2nc3ccccc3nc2Cl)c1. The molecule has 0 fully saturated rings. The number of benzene rings is 2. The zero-order valence-electron chi connectivity index (χ0n) is 11.2. The second-order valence-electron chi connectivity index (χ2n) is 4.65. The summed E-state index contributed by atoms with van der Waals surface area (Å²) in [6.45, 7) is 0. The van der Waals surface area contributed by atoms with Crippen molar-refractivity contribution in [2.24, 2.45) is 5.14 Å². The molecule has 6 nitrogen and oxygen atoms in total. The summed E-state index contributed by atoms with van der Waals surface area (Å²) >= 11 is 6.16. The topological polar surface area (TPSA) is 112 Å². The van der Waals surface area contributed by atoms with E-state index in [4.69, 9.17) is 22.5 Å². The molecule has 0 bridgehead atoms. The van der Waals surface area contributed by atoms with Gasteiger partial charge in [0.1, 0.15) is 5.69 Å². The number of anilines is 1. The number of rotatable bonds is 2. The second kappa shape index (κ2) is 5.20. The Morgan fingerprint density at radius 1 is 1.00 bits per heavy atom. The molecule has 2 aromatic carbocycles. The Bertz CT molecular complexity index is 989. The number of primary sulfonamides is 1. The van der Waals surface area contributed by atoms with E-state index in [1.807, 2.05) is 6.07 Å². The van der Waals surface area contributed by atoms with Crippen LogP contribution in [-0.2, 0) is 10.0 Å². The van der Waals surface area contributed by atoms with Crippen molar-refractivity contribution in [1.82, 2.24) is 9.97 Å². The Morgan fingerprint density at radius 2 is 1.64 bits per heavy atom. The molecule has 3 aromatic rings. The van der Waals surface area contributed by atoms with E-state index in [1.165, 1.54) is 18.2 Å². The number of nitrogens with zero attached hydrogens (tertiary/aromatic N) is 2. The fourth-order valence-corrected chi connectivity index (χ4v) is 3.09. The molecule has 4 N–H and O–H groups in total. The molecule has 0 aliphatic carbocycles. The van der Waals surface area contributed by atoms with Crippen molar-refractivity contribution >= 4 is 38.3 Å². The van der Waals surface area contributed by atoms with Gasteiger partial charge in [-0.05, 0) is 30.3 Å². The summed E-state index contributed by atoms with van der Waals surface area (Å²) in [5.41, 5.74) is 7.76. The van der Waals surface area contributed by atoms with Gasteiger partial charge in [-0.1, -0.05) is 23.7 Å². The first-order valence-electron chi connectivity index (χ1n) is 6.21. The molecule has 1 aromatic heterocycles. The number of hydrogen-bond acceptors (Lipinski definition) is 5. The molecular formula is C14H11ClN4O2S. The van der Waals surface area contributed by atoms with E-state index in [1.54, 1.807) is 18.2 Å². The number of aromatic nitrogens is 2. The van der Waals surface area contributed by atoms with Gasteiger partial charge in [-0.15, -0.1) is 0 Å². The number of sulfonamides is 1. The van der Waals surface area contributed by atoms with Crippen LogP contribution < -0.4 is 10.9 Å². The van der Waals surface area contributed by atoms with E-state index in [9.17, 15) is 8.42 Å². The highest BCUT2D eigenvalue weighted by molar-refractivity contribution is 7.89. The predicted molar refractivity (Wildman–Crippen MR) is 85.8 cm³/mol. The van der Waals surface area contributed by atoms with Crippen molar-refractivity contribution in [3.8, 4) is 11.3 Å². The molecular weight excluding hydrogens is 324 g/mol. The molecule has 0 aliphatic heterocycles. The minimum absolute atomic E-state index is 0.0780. The lowest BCUT2D eigenvalue weighted by Crippen LogP contribution is -2.14. The number of hydrogen-bond donors (Lipinski definition) is 2. The molecule has 0 saturated carbocycles. The van der Waals surface area contributed by atoms with Crippen LogP contribution in [0.1, 0.15) is 0 Å². The van der Waals surface area contributed by atoms with E-state index >= 15 is 0 Å². The largest absolute Gasteiger partial charge is 0.399 e. The summed E-state index contributed by atoms with van der Waals surface area (Å²) in [7, 11) is -3.95. The van der Waals surface area contributed by atoms with Crippen molar-refractivity contribution in [2.75, 3.05) is 5.73 Å². The summed E-state index contributed by atoms with van der Waals surface area (Å²) < 4.78 is 23.5. The smallest absolute Gasteiger partial charge is 0.238 e. The van der Waals surface area contributed by atoms with Gasteiger partial charge in [0.15, 0.2) is 5.15 Å². The molecule has 0 spiro atoms. The summed E-state index contributed by atoms with van der Waals surface area (Å²) in [6.07, 6.45) is 0. The van der Waals surface area contributed by atoms with Crippen LogP contribution in [0.3, 0.4) is 0 Å². The Labute approximate surface area is 131 Å². The Balaban J connectivity index is 2.36. The maximum absolute atomic E-state index is 11.8. The third-order valence-corrected chi connectivity index (χ3v) is 4.33. The third-order valence-electron chi connectivity index (χ3n) is 3.09. The Kier molecular flexibility index (Phi) is 3.48. The van der Waals surface area contributed by atoms with E-state index in [0.717, 1.165) is 0 Å². The van der Waals surface area contributed by atoms with Crippen molar-refractivity contribution in [3.05, 3.63) is 47.6 Å². The number of halogens is 1. The normalized spacial score (nSPS) is 11.7. The van der Waals surface area contributed by atoms with Crippen LogP contribution in [0, 0.1) is 0 Å². The first-order chi connectivity index (χ1) is 10.4. The number of para-hydroxylation sites is 2. The van der Waals surface area contributed by atoms with Gasteiger partial charge in [0.2, 0.25) is 10.0 Å². The first kappa shape index (κ1) is 14.7. The molecule has 112 valence electrons. The fourth-order valence-electron chi connectivity index (χ4n) is 2.13. The van der Waals surface area contributed by atoms with Gasteiger partial charge in [-0.25, -0.2) is 23.5 Å². The molecule has 0 aliphatic rings. The first-order valence-corrected chi connectivity index (χ1v) is 8.13. The quantitative estimate of drug-likeness (QED) is 0.697. The Morgan fingerprint density at radius 3 is 2.27 bits per heavy atom. The molecule has 1 heterocycles. The molecule has 0 saturated heterocycles. The van der Waals surface area contributed by atoms with Crippen LogP contribution in [0.2, 0.25) is 5.15 Å². The van der Waals surface area contributed by atoms with E-state index in [-0.39, 0.29) is 21.3 Å². The summed E-state index contributed by atoms with van der Waals surface area (Å²) in [5.74, 6) is 0. The molecule has 0 radical (unpaired) electrons. The lowest BCUT2D eigenvalue weighted by Gasteiger charge is -2.10. The van der Waals surface area contributed by atoms with Gasteiger partial charge in [0.25, 0.3) is 0 Å². The maximum atomic E-state index is 11.8. The minimum atomic E-state index is -3.95. The third kappa shape index (κ3) is 2.61. The molecule has 3 rings (SSSR count). The number of nitrogens with two attached hydrogens (primary N) is 2. The van der Waals surface area contributed by atoms with Crippen molar-refractivity contribution in [1.29, 1.82) is 0 Å². The molecule has 8 heteroatoms. The monoisotopic (exact) mass is 334 g/mol. The van der Waals surface area contributed by atoms with Gasteiger partial charge in [0, 0.05) is 11.3 Å². The predicted octanol–water partition coefficient (Wildman–Crippen LogP) is 2.18. The van der Waals surface area contributed by atoms with Gasteiger partial charge in [0.05, 0.1) is 15.9 Å². The summed E-state index contributed by atoms with van der Waals surface area (Å²) in [5, 5.41) is 5.33. The molecule has 0 unspecified atom stereocenters. The number of nitrogen functional groups attached to an aromatic ring is 1. The lowest BCUT2D eigenvalue weighted by molar-refractivity contribution is 0.598. The highest BCUT2D eigenvalue weighted by Gasteiger charge is 2.19. The van der Waals surface area contributed by atoms with Crippen molar-refractivity contribution in [3.63, 3.8) is 0 Å². The average molecular weight is 335 g/mol. The summed E-state index contributed by atoms with van der Waals surface area (Å²) in [6, 6.07) is 11.4. The minimum Gasteiger partial charge on any atom is -0.399 e. The van der Waals surface area contributed by atoms with Crippen LogP contribution >= 0.6 is 11.6 Å². The van der Waals surface area contributed by atoms with Gasteiger partial charge >= 0.3 is 0 Å². The van der Waals surface area contributed by atoms with E-state index in [2.05, 4.69) is 9.97 Å². The average Bonchev–Trinajstić information content (AvgIpc) is 2.45. The van der Waals surface area contributed by atoms with Gasteiger partial charge in [-0.3, -0.25) is 0 Å². The van der Waals surface area contributed by atoms with Gasteiger partial charge < -0.3 is 5.73 Å². The zero-order chi connectivity index (χ0) is 15.9. The van der Waals surface area contributed by atoms with Gasteiger partial charge in [-0.2, -0.15) is 0 Å². The van der Waals surface area contributed by atoms with Crippen molar-refractivity contribution < 1.29 is 8.42 Å².